The topological polar surface area (TPSA) is 76.7 Å². The van der Waals surface area contributed by atoms with E-state index in [4.69, 9.17) is 9.47 Å². The van der Waals surface area contributed by atoms with Crippen molar-refractivity contribution in [3.63, 3.8) is 0 Å². The summed E-state index contributed by atoms with van der Waals surface area (Å²) in [5.74, 6) is 0.794. The molecule has 1 aliphatic carbocycles. The Kier molecular flexibility index (Phi) is 9.36. The van der Waals surface area contributed by atoms with Gasteiger partial charge in [-0.25, -0.2) is 4.79 Å². The van der Waals surface area contributed by atoms with Crippen LogP contribution in [-0.2, 0) is 15.6 Å². The lowest BCUT2D eigenvalue weighted by atomic mass is 9.63. The van der Waals surface area contributed by atoms with Crippen LogP contribution in [-0.4, -0.2) is 26.2 Å². The Morgan fingerprint density at radius 1 is 0.806 bits per heavy atom. The molecule has 0 aromatic heterocycles. The lowest BCUT2D eigenvalue weighted by molar-refractivity contribution is -0.115. The highest BCUT2D eigenvalue weighted by atomic mass is 16.5. The van der Waals surface area contributed by atoms with E-state index >= 15 is 0 Å². The number of carbonyl (C=O) groups is 2. The summed E-state index contributed by atoms with van der Waals surface area (Å²) >= 11 is 0. The van der Waals surface area contributed by atoms with Crippen LogP contribution in [0.3, 0.4) is 0 Å². The number of methoxy groups -OCH3 is 2. The number of ether oxygens (including phenoxy) is 2. The summed E-state index contributed by atoms with van der Waals surface area (Å²) < 4.78 is 11.5. The average Bonchev–Trinajstić information content (AvgIpc) is 3.20. The van der Waals surface area contributed by atoms with Gasteiger partial charge in [0.25, 0.3) is 5.91 Å². The third-order valence-electron chi connectivity index (χ3n) is 6.74. The lowest BCUT2D eigenvalue weighted by Crippen LogP contribution is -2.33. The number of benzene rings is 2. The van der Waals surface area contributed by atoms with E-state index in [-0.39, 0.29) is 16.5 Å². The molecule has 0 radical (unpaired) electrons. The van der Waals surface area contributed by atoms with Crippen LogP contribution >= 0.6 is 0 Å². The van der Waals surface area contributed by atoms with Crippen LogP contribution in [0.25, 0.3) is 17.2 Å². The van der Waals surface area contributed by atoms with E-state index in [0.717, 1.165) is 24.0 Å². The molecule has 0 bridgehead atoms. The molecule has 36 heavy (non-hydrogen) atoms. The Bertz CT molecular complexity index is 1150. The van der Waals surface area contributed by atoms with Crippen molar-refractivity contribution in [2.75, 3.05) is 14.2 Å². The summed E-state index contributed by atoms with van der Waals surface area (Å²) in [6.45, 7) is 17.2. The van der Waals surface area contributed by atoms with Crippen LogP contribution in [0.1, 0.15) is 84.9 Å². The molecule has 2 aromatic carbocycles. The Labute approximate surface area is 216 Å². The van der Waals surface area contributed by atoms with Crippen molar-refractivity contribution in [3.05, 3.63) is 52.7 Å². The molecule has 0 saturated carbocycles. The Balaban J connectivity index is 0.00000109. The quantitative estimate of drug-likeness (QED) is 0.356. The minimum absolute atomic E-state index is 0.0626. The molecule has 1 aliphatic heterocycles. The van der Waals surface area contributed by atoms with Gasteiger partial charge in [0.05, 0.1) is 19.8 Å². The third-order valence-corrected chi connectivity index (χ3v) is 6.74. The number of imide groups is 1. The van der Waals surface area contributed by atoms with Gasteiger partial charge < -0.3 is 14.8 Å². The van der Waals surface area contributed by atoms with Crippen LogP contribution in [0.15, 0.2) is 36.0 Å². The van der Waals surface area contributed by atoms with Crippen LogP contribution < -0.4 is 20.1 Å². The Hall–Kier alpha value is -3.28. The maximum Gasteiger partial charge on any atom is 0.326 e. The van der Waals surface area contributed by atoms with Crippen LogP contribution in [0.2, 0.25) is 0 Å². The van der Waals surface area contributed by atoms with Crippen molar-refractivity contribution in [3.8, 4) is 22.6 Å². The molecule has 0 atom stereocenters. The molecule has 4 rings (SSSR count). The van der Waals surface area contributed by atoms with Gasteiger partial charge in [-0.3, -0.25) is 10.1 Å². The van der Waals surface area contributed by atoms with Gasteiger partial charge in [-0.05, 0) is 58.6 Å². The number of urea groups is 1. The molecule has 0 spiro atoms. The fourth-order valence-corrected chi connectivity index (χ4v) is 4.74. The average molecular weight is 495 g/mol. The highest BCUT2D eigenvalue weighted by molar-refractivity contribution is 6.14. The number of carbonyl (C=O) groups excluding carboxylic acids is 2. The first-order valence-corrected chi connectivity index (χ1v) is 12.8. The zero-order valence-electron chi connectivity index (χ0n) is 23.5. The van der Waals surface area contributed by atoms with Crippen molar-refractivity contribution in [2.45, 2.75) is 79.1 Å². The molecule has 6 nitrogen and oxygen atoms in total. The number of amides is 3. The number of fused-ring (bicyclic) bond motifs is 1. The van der Waals surface area contributed by atoms with Crippen molar-refractivity contribution >= 4 is 18.0 Å². The second-order valence-corrected chi connectivity index (χ2v) is 9.76. The predicted molar refractivity (Wildman–Crippen MR) is 148 cm³/mol. The van der Waals surface area contributed by atoms with Gasteiger partial charge in [-0.15, -0.1) is 0 Å². The largest absolute Gasteiger partial charge is 0.496 e. The molecule has 6 heteroatoms. The van der Waals surface area contributed by atoms with Crippen molar-refractivity contribution in [1.82, 2.24) is 10.6 Å². The third kappa shape index (κ3) is 5.58. The van der Waals surface area contributed by atoms with Gasteiger partial charge in [0.2, 0.25) is 0 Å². The molecule has 3 amide bonds. The van der Waals surface area contributed by atoms with Crippen LogP contribution in [0.4, 0.5) is 4.79 Å². The van der Waals surface area contributed by atoms with Crippen LogP contribution in [0, 0.1) is 0 Å². The maximum absolute atomic E-state index is 12.0. The summed E-state index contributed by atoms with van der Waals surface area (Å²) in [7, 11) is 3.23. The Morgan fingerprint density at radius 2 is 1.42 bits per heavy atom. The minimum atomic E-state index is -0.534. The molecule has 1 fully saturated rings. The monoisotopic (exact) mass is 494 g/mol. The molecule has 0 unspecified atom stereocenters. The molecule has 2 aliphatic rings. The van der Waals surface area contributed by atoms with E-state index in [0.29, 0.717) is 17.1 Å². The zero-order valence-corrected chi connectivity index (χ0v) is 23.5. The van der Waals surface area contributed by atoms with Gasteiger partial charge in [-0.1, -0.05) is 73.6 Å². The van der Waals surface area contributed by atoms with Crippen molar-refractivity contribution in [2.24, 2.45) is 0 Å². The normalized spacial score (nSPS) is 18.0. The summed E-state index contributed by atoms with van der Waals surface area (Å²) in [6.07, 6.45) is 3.88. The minimum Gasteiger partial charge on any atom is -0.496 e. The van der Waals surface area contributed by atoms with E-state index < -0.39 is 11.9 Å². The SMILES string of the molecule is CC.CC.COc1ccc(/C=C2\NC(=O)NC2=O)c(OC)c1-c1ccc2c(c1)C(C)(C)CCC2(C)C. The molecule has 2 N–H and O–H groups in total. The van der Waals surface area contributed by atoms with Crippen molar-refractivity contribution in [1.29, 1.82) is 0 Å². The zero-order chi connectivity index (χ0) is 27.3. The smallest absolute Gasteiger partial charge is 0.326 e. The molecule has 1 saturated heterocycles. The fourth-order valence-electron chi connectivity index (χ4n) is 4.74. The first kappa shape index (κ1) is 29.0. The first-order valence-electron chi connectivity index (χ1n) is 12.8. The molecule has 2 aromatic rings. The number of hydrogen-bond donors (Lipinski definition) is 2. The second kappa shape index (κ2) is 11.6. The van der Waals surface area contributed by atoms with Gasteiger partial charge >= 0.3 is 6.03 Å². The lowest BCUT2D eigenvalue weighted by Gasteiger charge is -2.42. The van der Waals surface area contributed by atoms with E-state index in [2.05, 4.69) is 56.5 Å². The summed E-state index contributed by atoms with van der Waals surface area (Å²) in [4.78, 5) is 23.5. The van der Waals surface area contributed by atoms with Crippen molar-refractivity contribution < 1.29 is 19.1 Å². The fraction of sp³-hybridized carbons (Fsp3) is 0.467. The highest BCUT2D eigenvalue weighted by Gasteiger charge is 2.37. The predicted octanol–water partition coefficient (Wildman–Crippen LogP) is 6.95. The number of hydrogen-bond acceptors (Lipinski definition) is 4. The van der Waals surface area contributed by atoms with E-state index in [1.807, 2.05) is 39.8 Å². The second-order valence-electron chi connectivity index (χ2n) is 9.76. The van der Waals surface area contributed by atoms with Crippen LogP contribution in [0.5, 0.6) is 11.5 Å². The van der Waals surface area contributed by atoms with Gasteiger partial charge in [0.15, 0.2) is 0 Å². The molecule has 1 heterocycles. The van der Waals surface area contributed by atoms with Gasteiger partial charge in [-0.2, -0.15) is 0 Å². The summed E-state index contributed by atoms with van der Waals surface area (Å²) in [6, 6.07) is 9.72. The van der Waals surface area contributed by atoms with Gasteiger partial charge in [0.1, 0.15) is 17.2 Å². The molecular weight excluding hydrogens is 452 g/mol. The van der Waals surface area contributed by atoms with E-state index in [1.54, 1.807) is 20.3 Å². The summed E-state index contributed by atoms with van der Waals surface area (Å²) in [5, 5.41) is 4.75. The van der Waals surface area contributed by atoms with E-state index in [1.165, 1.54) is 11.1 Å². The first-order chi connectivity index (χ1) is 17.1. The highest BCUT2D eigenvalue weighted by Crippen LogP contribution is 2.49. The number of nitrogens with one attached hydrogen (secondary N) is 2. The standard InChI is InChI=1S/C26H30N2O4.2C2H6/c1-25(2)11-12-26(3,4)18-13-15(7-9-17(18)25)21-20(31-5)10-8-16(22(21)32-6)14-19-23(29)28-24(30)27-19;2*1-2/h7-10,13-14H,11-12H2,1-6H3,(H2,27,28,29,30);2*1-2H3/b19-14-;;. The maximum atomic E-state index is 12.0. The Morgan fingerprint density at radius 3 is 1.94 bits per heavy atom. The number of rotatable bonds is 4. The molecular formula is C30H42N2O4. The van der Waals surface area contributed by atoms with Gasteiger partial charge in [0, 0.05) is 5.56 Å². The van der Waals surface area contributed by atoms with E-state index in [9.17, 15) is 9.59 Å². The molecule has 196 valence electrons. The summed E-state index contributed by atoms with van der Waals surface area (Å²) in [5.41, 5.74) is 5.55.